The summed E-state index contributed by atoms with van der Waals surface area (Å²) >= 11 is 1.64. The van der Waals surface area contributed by atoms with E-state index in [9.17, 15) is 4.39 Å². The van der Waals surface area contributed by atoms with Gasteiger partial charge in [-0.1, -0.05) is 18.2 Å². The van der Waals surface area contributed by atoms with Gasteiger partial charge in [0.15, 0.2) is 0 Å². The molecule has 0 saturated carbocycles. The van der Waals surface area contributed by atoms with E-state index in [4.69, 9.17) is 4.74 Å². The Balaban J connectivity index is 1.99. The van der Waals surface area contributed by atoms with Gasteiger partial charge in [0.25, 0.3) is 0 Å². The quantitative estimate of drug-likeness (QED) is 0.772. The lowest BCUT2D eigenvalue weighted by molar-refractivity contribution is 0.340. The Kier molecular flexibility index (Phi) is 6.08. The predicted octanol–water partition coefficient (Wildman–Crippen LogP) is 4.28. The Morgan fingerprint density at radius 3 is 2.57 bits per heavy atom. The number of ether oxygens (including phenoxy) is 1. The van der Waals surface area contributed by atoms with Crippen molar-refractivity contribution in [3.05, 3.63) is 59.9 Å². The molecule has 0 bridgehead atoms. The molecule has 2 rings (SSSR count). The lowest BCUT2D eigenvalue weighted by atomic mass is 10.1. The van der Waals surface area contributed by atoms with Gasteiger partial charge in [-0.25, -0.2) is 4.39 Å². The van der Waals surface area contributed by atoms with Crippen LogP contribution in [0.5, 0.6) is 5.75 Å². The number of hydrogen-bond acceptors (Lipinski definition) is 3. The first-order chi connectivity index (χ1) is 10.2. The lowest BCUT2D eigenvalue weighted by Crippen LogP contribution is -2.18. The summed E-state index contributed by atoms with van der Waals surface area (Å²) in [5.41, 5.74) is 1.20. The molecular formula is C17H20FNOS. The Bertz CT molecular complexity index is 559. The van der Waals surface area contributed by atoms with Crippen molar-refractivity contribution in [1.82, 2.24) is 5.32 Å². The number of thioether (sulfide) groups is 1. The van der Waals surface area contributed by atoms with E-state index < -0.39 is 0 Å². The number of rotatable bonds is 7. The molecule has 0 heterocycles. The minimum absolute atomic E-state index is 0.193. The summed E-state index contributed by atoms with van der Waals surface area (Å²) < 4.78 is 18.6. The second-order valence-corrected chi connectivity index (χ2v) is 5.71. The first kappa shape index (κ1) is 15.9. The van der Waals surface area contributed by atoms with Gasteiger partial charge in [-0.2, -0.15) is 0 Å². The van der Waals surface area contributed by atoms with Gasteiger partial charge < -0.3 is 10.1 Å². The zero-order chi connectivity index (χ0) is 15.1. The average molecular weight is 305 g/mol. The Morgan fingerprint density at radius 1 is 1.19 bits per heavy atom. The molecule has 0 spiro atoms. The third-order valence-corrected chi connectivity index (χ3v) is 4.24. The summed E-state index contributed by atoms with van der Waals surface area (Å²) in [7, 11) is 1.94. The average Bonchev–Trinajstić information content (AvgIpc) is 2.50. The molecule has 1 N–H and O–H groups in total. The van der Waals surface area contributed by atoms with Crippen LogP contribution >= 0.6 is 11.8 Å². The summed E-state index contributed by atoms with van der Waals surface area (Å²) in [5.74, 6) is 1.53. The molecule has 2 aromatic carbocycles. The number of hydrogen-bond donors (Lipinski definition) is 1. The number of nitrogens with one attached hydrogen (secondary N) is 1. The van der Waals surface area contributed by atoms with Gasteiger partial charge in [-0.15, -0.1) is 11.8 Å². The van der Waals surface area contributed by atoms with E-state index in [2.05, 4.69) is 17.4 Å². The van der Waals surface area contributed by atoms with E-state index in [1.807, 2.05) is 32.2 Å². The van der Waals surface area contributed by atoms with E-state index in [0.29, 0.717) is 6.61 Å². The van der Waals surface area contributed by atoms with E-state index in [1.165, 1.54) is 11.6 Å². The van der Waals surface area contributed by atoms with E-state index >= 15 is 0 Å². The minimum atomic E-state index is -0.193. The van der Waals surface area contributed by atoms with Crippen LogP contribution in [0.2, 0.25) is 0 Å². The van der Waals surface area contributed by atoms with Crippen LogP contribution in [0.1, 0.15) is 18.5 Å². The van der Waals surface area contributed by atoms with E-state index in [-0.39, 0.29) is 11.9 Å². The zero-order valence-corrected chi connectivity index (χ0v) is 13.1. The molecule has 0 amide bonds. The van der Waals surface area contributed by atoms with Crippen LogP contribution < -0.4 is 10.1 Å². The molecule has 2 nitrogen and oxygen atoms in total. The molecule has 0 aromatic heterocycles. The van der Waals surface area contributed by atoms with Crippen molar-refractivity contribution >= 4 is 11.8 Å². The van der Waals surface area contributed by atoms with Crippen molar-refractivity contribution in [2.24, 2.45) is 0 Å². The van der Waals surface area contributed by atoms with Crippen molar-refractivity contribution in [2.45, 2.75) is 17.9 Å². The molecule has 21 heavy (non-hydrogen) atoms. The maximum absolute atomic E-state index is 13.2. The highest BCUT2D eigenvalue weighted by Crippen LogP contribution is 2.26. The van der Waals surface area contributed by atoms with Crippen LogP contribution in [0, 0.1) is 5.82 Å². The molecule has 0 radical (unpaired) electrons. The van der Waals surface area contributed by atoms with Crippen molar-refractivity contribution < 1.29 is 9.13 Å². The lowest BCUT2D eigenvalue weighted by Gasteiger charge is -2.17. The summed E-state index contributed by atoms with van der Waals surface area (Å²) in [6.07, 6.45) is 0. The maximum Gasteiger partial charge on any atom is 0.124 e. The molecule has 1 unspecified atom stereocenters. The van der Waals surface area contributed by atoms with Gasteiger partial charge in [-0.05, 0) is 49.9 Å². The fourth-order valence-corrected chi connectivity index (χ4v) is 3.13. The van der Waals surface area contributed by atoms with Crippen molar-refractivity contribution in [3.63, 3.8) is 0 Å². The monoisotopic (exact) mass is 305 g/mol. The fourth-order valence-electron chi connectivity index (χ4n) is 2.05. The van der Waals surface area contributed by atoms with Gasteiger partial charge in [0, 0.05) is 16.7 Å². The van der Waals surface area contributed by atoms with Crippen LogP contribution in [0.15, 0.2) is 53.4 Å². The standard InChI is InChI=1S/C17H20FNOS/c1-3-20-15-9-7-13(8-10-15)17(19-2)12-21-16-6-4-5-14(18)11-16/h4-11,17,19H,3,12H2,1-2H3. The Morgan fingerprint density at radius 2 is 1.95 bits per heavy atom. The summed E-state index contributed by atoms with van der Waals surface area (Å²) in [4.78, 5) is 0.946. The van der Waals surface area contributed by atoms with Crippen LogP contribution in [-0.4, -0.2) is 19.4 Å². The van der Waals surface area contributed by atoms with E-state index in [1.54, 1.807) is 23.9 Å². The first-order valence-corrected chi connectivity index (χ1v) is 8.00. The third kappa shape index (κ3) is 4.76. The molecular weight excluding hydrogens is 285 g/mol. The van der Waals surface area contributed by atoms with Gasteiger partial charge in [0.05, 0.1) is 6.61 Å². The van der Waals surface area contributed by atoms with E-state index in [0.717, 1.165) is 16.4 Å². The zero-order valence-electron chi connectivity index (χ0n) is 12.3. The van der Waals surface area contributed by atoms with Gasteiger partial charge in [0.1, 0.15) is 11.6 Å². The highest BCUT2D eigenvalue weighted by Gasteiger charge is 2.10. The predicted molar refractivity (Wildman–Crippen MR) is 86.5 cm³/mol. The molecule has 112 valence electrons. The molecule has 0 aliphatic rings. The highest BCUT2D eigenvalue weighted by atomic mass is 32.2. The fraction of sp³-hybridized carbons (Fsp3) is 0.294. The summed E-state index contributed by atoms with van der Waals surface area (Å²) in [6.45, 7) is 2.64. The molecule has 0 fully saturated rings. The van der Waals surface area contributed by atoms with Gasteiger partial charge in [0.2, 0.25) is 0 Å². The molecule has 0 aliphatic carbocycles. The van der Waals surface area contributed by atoms with Gasteiger partial charge >= 0.3 is 0 Å². The molecule has 4 heteroatoms. The van der Waals surface area contributed by atoms with Crippen molar-refractivity contribution in [1.29, 1.82) is 0 Å². The topological polar surface area (TPSA) is 21.3 Å². The van der Waals surface area contributed by atoms with Crippen LogP contribution in [0.4, 0.5) is 4.39 Å². The second kappa shape index (κ2) is 8.05. The molecule has 1 atom stereocenters. The SMILES string of the molecule is CCOc1ccc(C(CSc2cccc(F)c2)NC)cc1. The Labute approximate surface area is 129 Å². The van der Waals surface area contributed by atoms with Crippen LogP contribution in [0.25, 0.3) is 0 Å². The maximum atomic E-state index is 13.2. The van der Waals surface area contributed by atoms with Crippen LogP contribution in [0.3, 0.4) is 0 Å². The Hall–Kier alpha value is -1.52. The largest absolute Gasteiger partial charge is 0.494 e. The highest BCUT2D eigenvalue weighted by molar-refractivity contribution is 7.99. The van der Waals surface area contributed by atoms with Crippen molar-refractivity contribution in [3.8, 4) is 5.75 Å². The van der Waals surface area contributed by atoms with Crippen LogP contribution in [-0.2, 0) is 0 Å². The molecule has 2 aromatic rings. The smallest absolute Gasteiger partial charge is 0.124 e. The summed E-state index contributed by atoms with van der Waals surface area (Å²) in [5, 5.41) is 3.30. The normalized spacial score (nSPS) is 12.1. The molecule has 0 aliphatic heterocycles. The third-order valence-electron chi connectivity index (χ3n) is 3.15. The van der Waals surface area contributed by atoms with Crippen molar-refractivity contribution in [2.75, 3.05) is 19.4 Å². The minimum Gasteiger partial charge on any atom is -0.494 e. The first-order valence-electron chi connectivity index (χ1n) is 7.01. The number of benzene rings is 2. The number of halogens is 1. The second-order valence-electron chi connectivity index (χ2n) is 4.61. The molecule has 0 saturated heterocycles. The van der Waals surface area contributed by atoms with Gasteiger partial charge in [-0.3, -0.25) is 0 Å². The summed E-state index contributed by atoms with van der Waals surface area (Å²) in [6, 6.07) is 15.0.